The molecule has 0 aliphatic rings. The molecule has 0 saturated carbocycles. The Morgan fingerprint density at radius 2 is 2.10 bits per heavy atom. The molecule has 0 bridgehead atoms. The Morgan fingerprint density at radius 3 is 2.85 bits per heavy atom. The van der Waals surface area contributed by atoms with E-state index in [4.69, 9.17) is 4.74 Å². The van der Waals surface area contributed by atoms with E-state index in [9.17, 15) is 4.79 Å². The number of rotatable bonds is 6. The highest BCUT2D eigenvalue weighted by atomic mass is 16.5. The van der Waals surface area contributed by atoms with Gasteiger partial charge < -0.3 is 15.0 Å². The number of ether oxygens (including phenoxy) is 1. The maximum absolute atomic E-state index is 11.8. The molecule has 2 aromatic rings. The number of methoxy groups -OCH3 is 1. The van der Waals surface area contributed by atoms with Gasteiger partial charge in [-0.2, -0.15) is 0 Å². The van der Waals surface area contributed by atoms with E-state index in [0.717, 1.165) is 11.9 Å². The molecule has 1 aromatic heterocycles. The van der Waals surface area contributed by atoms with Gasteiger partial charge in [0.05, 0.1) is 12.0 Å². The van der Waals surface area contributed by atoms with Gasteiger partial charge in [0.2, 0.25) is 5.91 Å². The number of nitrogens with one attached hydrogen (secondary N) is 2. The zero-order chi connectivity index (χ0) is 14.6. The monoisotopic (exact) mass is 274 g/mol. The summed E-state index contributed by atoms with van der Waals surface area (Å²) >= 11 is 0. The summed E-state index contributed by atoms with van der Waals surface area (Å²) in [4.78, 5) is 15.1. The number of hydrogen-bond acceptors (Lipinski definition) is 2. The lowest BCUT2D eigenvalue weighted by atomic mass is 10.0. The minimum Gasteiger partial charge on any atom is -0.378 e. The van der Waals surface area contributed by atoms with Crippen molar-refractivity contribution in [1.82, 2.24) is 10.3 Å². The number of hydrogen-bond donors (Lipinski definition) is 2. The number of carbonyl (C=O) groups is 1. The number of H-pyrrole nitrogens is 1. The van der Waals surface area contributed by atoms with Crippen LogP contribution in [0.25, 0.3) is 10.9 Å². The quantitative estimate of drug-likeness (QED) is 0.851. The molecule has 0 saturated heterocycles. The summed E-state index contributed by atoms with van der Waals surface area (Å²) in [6, 6.07) is 8.19. The van der Waals surface area contributed by atoms with E-state index < -0.39 is 5.60 Å². The fourth-order valence-electron chi connectivity index (χ4n) is 2.20. The van der Waals surface area contributed by atoms with Crippen molar-refractivity contribution in [3.63, 3.8) is 0 Å². The Hall–Kier alpha value is -1.81. The number of benzene rings is 1. The van der Waals surface area contributed by atoms with Crippen LogP contribution in [0.2, 0.25) is 0 Å². The van der Waals surface area contributed by atoms with Gasteiger partial charge in [-0.15, -0.1) is 0 Å². The second-order valence-corrected chi connectivity index (χ2v) is 5.60. The number of aromatic amines is 1. The third kappa shape index (κ3) is 3.61. The van der Waals surface area contributed by atoms with E-state index in [1.807, 2.05) is 32.2 Å². The topological polar surface area (TPSA) is 54.1 Å². The van der Waals surface area contributed by atoms with Gasteiger partial charge in [-0.3, -0.25) is 4.79 Å². The Balaban J connectivity index is 1.86. The van der Waals surface area contributed by atoms with Crippen LogP contribution in [0.3, 0.4) is 0 Å². The fourth-order valence-corrected chi connectivity index (χ4v) is 2.20. The molecule has 4 heteroatoms. The molecule has 4 nitrogen and oxygen atoms in total. The molecule has 2 rings (SSSR count). The molecule has 2 N–H and O–H groups in total. The summed E-state index contributed by atoms with van der Waals surface area (Å²) in [6.45, 7) is 4.46. The molecule has 1 heterocycles. The Bertz CT molecular complexity index is 587. The lowest BCUT2D eigenvalue weighted by Gasteiger charge is -2.21. The average Bonchev–Trinajstić information content (AvgIpc) is 2.82. The summed E-state index contributed by atoms with van der Waals surface area (Å²) in [6.07, 6.45) is 3.20. The first kappa shape index (κ1) is 14.6. The maximum Gasteiger partial charge on any atom is 0.222 e. The van der Waals surface area contributed by atoms with Gasteiger partial charge in [-0.1, -0.05) is 18.2 Å². The molecule has 0 radical (unpaired) electrons. The first-order valence-electron chi connectivity index (χ1n) is 6.89. The molecule has 0 spiro atoms. The van der Waals surface area contributed by atoms with Crippen LogP contribution in [-0.2, 0) is 16.0 Å². The van der Waals surface area contributed by atoms with E-state index in [0.29, 0.717) is 13.0 Å². The molecule has 20 heavy (non-hydrogen) atoms. The minimum atomic E-state index is -0.412. The normalized spacial score (nSPS) is 11.8. The lowest BCUT2D eigenvalue weighted by molar-refractivity contribution is -0.126. The van der Waals surface area contributed by atoms with Crippen LogP contribution in [0, 0.1) is 0 Å². The molecule has 0 atom stereocenters. The van der Waals surface area contributed by atoms with E-state index in [-0.39, 0.29) is 5.91 Å². The summed E-state index contributed by atoms with van der Waals surface area (Å²) in [5.41, 5.74) is 1.95. The number of carbonyl (C=O) groups excluding carboxylic acids is 1. The van der Waals surface area contributed by atoms with Crippen molar-refractivity contribution in [3.05, 3.63) is 36.0 Å². The minimum absolute atomic E-state index is 0.0247. The van der Waals surface area contributed by atoms with Crippen molar-refractivity contribution in [2.45, 2.75) is 32.3 Å². The summed E-state index contributed by atoms with van der Waals surface area (Å²) in [7, 11) is 1.62. The van der Waals surface area contributed by atoms with Gasteiger partial charge in [0.25, 0.3) is 0 Å². The summed E-state index contributed by atoms with van der Waals surface area (Å²) in [5, 5.41) is 4.16. The second kappa shape index (κ2) is 6.09. The highest BCUT2D eigenvalue weighted by Crippen LogP contribution is 2.17. The van der Waals surface area contributed by atoms with E-state index in [1.165, 1.54) is 10.9 Å². The van der Waals surface area contributed by atoms with Crippen LogP contribution in [0.15, 0.2) is 30.5 Å². The number of aromatic nitrogens is 1. The number of fused-ring (bicyclic) bond motifs is 1. The predicted octanol–water partition coefficient (Wildman–Crippen LogP) is 2.64. The third-order valence-electron chi connectivity index (χ3n) is 3.53. The second-order valence-electron chi connectivity index (χ2n) is 5.60. The molecule has 0 unspecified atom stereocenters. The first-order chi connectivity index (χ1) is 9.52. The van der Waals surface area contributed by atoms with Crippen molar-refractivity contribution >= 4 is 16.8 Å². The maximum atomic E-state index is 11.8. The number of amides is 1. The average molecular weight is 274 g/mol. The van der Waals surface area contributed by atoms with E-state index in [2.05, 4.69) is 22.4 Å². The number of para-hydroxylation sites is 1. The van der Waals surface area contributed by atoms with Gasteiger partial charge in [-0.25, -0.2) is 0 Å². The molecule has 1 aromatic carbocycles. The van der Waals surface area contributed by atoms with Gasteiger partial charge in [0, 0.05) is 30.8 Å². The summed E-state index contributed by atoms with van der Waals surface area (Å²) < 4.78 is 5.25. The van der Waals surface area contributed by atoms with Gasteiger partial charge in [0.1, 0.15) is 0 Å². The lowest BCUT2D eigenvalue weighted by Crippen LogP contribution is -2.34. The van der Waals surface area contributed by atoms with Crippen LogP contribution in [0.5, 0.6) is 0 Å². The Morgan fingerprint density at radius 1 is 1.35 bits per heavy atom. The van der Waals surface area contributed by atoms with Gasteiger partial charge in [-0.05, 0) is 31.9 Å². The van der Waals surface area contributed by atoms with Crippen molar-refractivity contribution in [2.75, 3.05) is 13.7 Å². The largest absolute Gasteiger partial charge is 0.378 e. The van der Waals surface area contributed by atoms with Crippen LogP contribution in [0.4, 0.5) is 0 Å². The zero-order valence-corrected chi connectivity index (χ0v) is 12.3. The molecule has 1 amide bonds. The fraction of sp³-hybridized carbons (Fsp3) is 0.438. The molecule has 0 aliphatic heterocycles. The zero-order valence-electron chi connectivity index (χ0n) is 12.3. The predicted molar refractivity (Wildman–Crippen MR) is 80.7 cm³/mol. The van der Waals surface area contributed by atoms with E-state index >= 15 is 0 Å². The molecule has 108 valence electrons. The van der Waals surface area contributed by atoms with Crippen molar-refractivity contribution in [3.8, 4) is 0 Å². The highest BCUT2D eigenvalue weighted by Gasteiger charge is 2.20. The Kier molecular flexibility index (Phi) is 4.45. The SMILES string of the molecule is COC(C)(C)CC(=O)NCCc1c[nH]c2ccccc12. The van der Waals surface area contributed by atoms with Crippen molar-refractivity contribution in [1.29, 1.82) is 0 Å². The summed E-state index contributed by atoms with van der Waals surface area (Å²) in [5.74, 6) is 0.0247. The standard InChI is InChI=1S/C16H22N2O2/c1-16(2,20-3)10-15(19)17-9-8-12-11-18-14-7-5-4-6-13(12)14/h4-7,11,18H,8-10H2,1-3H3,(H,17,19). The van der Waals surface area contributed by atoms with Crippen LogP contribution in [0.1, 0.15) is 25.8 Å². The van der Waals surface area contributed by atoms with Crippen molar-refractivity contribution in [2.24, 2.45) is 0 Å². The first-order valence-corrected chi connectivity index (χ1v) is 6.89. The van der Waals surface area contributed by atoms with Crippen LogP contribution >= 0.6 is 0 Å². The van der Waals surface area contributed by atoms with Crippen LogP contribution < -0.4 is 5.32 Å². The van der Waals surface area contributed by atoms with E-state index in [1.54, 1.807) is 7.11 Å². The molecule has 0 aliphatic carbocycles. The van der Waals surface area contributed by atoms with Crippen LogP contribution in [-0.4, -0.2) is 30.1 Å². The van der Waals surface area contributed by atoms with Crippen molar-refractivity contribution < 1.29 is 9.53 Å². The highest BCUT2D eigenvalue weighted by molar-refractivity contribution is 5.83. The molecular formula is C16H22N2O2. The Labute approximate surface area is 119 Å². The van der Waals surface area contributed by atoms with Gasteiger partial charge >= 0.3 is 0 Å². The molecule has 0 fully saturated rings. The third-order valence-corrected chi connectivity index (χ3v) is 3.53. The molecular weight excluding hydrogens is 252 g/mol. The smallest absolute Gasteiger partial charge is 0.222 e. The van der Waals surface area contributed by atoms with Gasteiger partial charge in [0.15, 0.2) is 0 Å².